The Hall–Kier alpha value is -2.36. The van der Waals surface area contributed by atoms with Crippen LogP contribution in [0.1, 0.15) is 24.8 Å². The van der Waals surface area contributed by atoms with Gasteiger partial charge in [0.15, 0.2) is 10.2 Å². The number of aliphatic carboxylic acids is 1. The standard InChI is InChI=1S/C7H7NOS.C4H5NOS.C3H3NO2/c9-7(10)5-6-1-3-8-4-2-6;5-3-1-2-4(6)7;4-2-1-3(5)6/h1-4H,5H2,(H,9,10);1-2H2,(H,6,7);1H2,(H,5,6). The fraction of sp³-hybridized carbons (Fsp3) is 0.286. The first kappa shape index (κ1) is 22.9. The van der Waals surface area contributed by atoms with E-state index in [2.05, 4.69) is 30.2 Å². The van der Waals surface area contributed by atoms with E-state index in [0.29, 0.717) is 6.42 Å². The molecule has 0 saturated carbocycles. The zero-order chi connectivity index (χ0) is 18.1. The molecule has 1 N–H and O–H groups in total. The van der Waals surface area contributed by atoms with Crippen molar-refractivity contribution in [2.45, 2.75) is 25.7 Å². The van der Waals surface area contributed by atoms with Gasteiger partial charge in [-0.3, -0.25) is 19.4 Å². The van der Waals surface area contributed by atoms with Gasteiger partial charge in [-0.25, -0.2) is 0 Å². The Morgan fingerprint density at radius 3 is 1.91 bits per heavy atom. The van der Waals surface area contributed by atoms with Crippen molar-refractivity contribution in [3.8, 4) is 12.1 Å². The van der Waals surface area contributed by atoms with Gasteiger partial charge < -0.3 is 5.11 Å². The minimum atomic E-state index is -1.07. The van der Waals surface area contributed by atoms with Gasteiger partial charge in [-0.15, -0.1) is 25.3 Å². The van der Waals surface area contributed by atoms with Gasteiger partial charge in [0.05, 0.1) is 12.1 Å². The van der Waals surface area contributed by atoms with Crippen LogP contribution in [-0.4, -0.2) is 26.3 Å². The average Bonchev–Trinajstić information content (AvgIpc) is 2.46. The van der Waals surface area contributed by atoms with Crippen LogP contribution in [0.3, 0.4) is 0 Å². The molecule has 0 spiro atoms. The van der Waals surface area contributed by atoms with Crippen LogP contribution in [-0.2, 0) is 20.8 Å². The molecule has 7 nitrogen and oxygen atoms in total. The van der Waals surface area contributed by atoms with Crippen LogP contribution in [0.25, 0.3) is 0 Å². The molecular formula is C14H15N3O4S2. The molecule has 0 saturated heterocycles. The maximum Gasteiger partial charge on any atom is 0.317 e. The van der Waals surface area contributed by atoms with Crippen LogP contribution in [0.5, 0.6) is 0 Å². The molecular weight excluding hydrogens is 338 g/mol. The van der Waals surface area contributed by atoms with Gasteiger partial charge in [0, 0.05) is 31.7 Å². The zero-order valence-corrected chi connectivity index (χ0v) is 13.8. The second kappa shape index (κ2) is 16.0. The second-order valence-corrected chi connectivity index (χ2v) is 4.70. The molecule has 0 aliphatic heterocycles. The lowest BCUT2D eigenvalue weighted by atomic mass is 10.2. The predicted molar refractivity (Wildman–Crippen MR) is 88.6 cm³/mol. The zero-order valence-electron chi connectivity index (χ0n) is 12.0. The number of nitrogens with zero attached hydrogens (tertiary/aromatic N) is 3. The minimum Gasteiger partial charge on any atom is -0.480 e. The van der Waals surface area contributed by atoms with E-state index < -0.39 is 12.4 Å². The van der Waals surface area contributed by atoms with Crippen LogP contribution in [0, 0.1) is 22.7 Å². The average molecular weight is 353 g/mol. The number of rotatable bonds is 5. The molecule has 0 radical (unpaired) electrons. The number of nitriles is 2. The van der Waals surface area contributed by atoms with Crippen molar-refractivity contribution < 1.29 is 19.5 Å². The molecule has 9 heteroatoms. The van der Waals surface area contributed by atoms with E-state index in [9.17, 15) is 14.4 Å². The highest BCUT2D eigenvalue weighted by atomic mass is 32.1. The first-order valence-electron chi connectivity index (χ1n) is 6.11. The van der Waals surface area contributed by atoms with E-state index in [4.69, 9.17) is 15.6 Å². The lowest BCUT2D eigenvalue weighted by Gasteiger charge is -1.92. The maximum absolute atomic E-state index is 10.5. The number of thiol groups is 2. The summed E-state index contributed by atoms with van der Waals surface area (Å²) in [6, 6.07) is 6.90. The van der Waals surface area contributed by atoms with E-state index in [-0.39, 0.29) is 23.1 Å². The number of carbonyl (C=O) groups is 3. The lowest BCUT2D eigenvalue weighted by Crippen LogP contribution is -1.92. The van der Waals surface area contributed by atoms with Crippen LogP contribution in [0.2, 0.25) is 0 Å². The Morgan fingerprint density at radius 2 is 1.65 bits per heavy atom. The normalized spacial score (nSPS) is 8.00. The van der Waals surface area contributed by atoms with Crippen LogP contribution < -0.4 is 0 Å². The quantitative estimate of drug-likeness (QED) is 0.688. The van der Waals surface area contributed by atoms with Gasteiger partial charge in [-0.2, -0.15) is 10.5 Å². The topological polar surface area (TPSA) is 132 Å². The van der Waals surface area contributed by atoms with Crippen molar-refractivity contribution in [1.82, 2.24) is 4.98 Å². The Labute approximate surface area is 144 Å². The van der Waals surface area contributed by atoms with Crippen molar-refractivity contribution in [2.24, 2.45) is 0 Å². The summed E-state index contributed by atoms with van der Waals surface area (Å²) >= 11 is 7.09. The van der Waals surface area contributed by atoms with Crippen LogP contribution in [0.4, 0.5) is 0 Å². The van der Waals surface area contributed by atoms with Crippen molar-refractivity contribution >= 4 is 41.5 Å². The highest BCUT2D eigenvalue weighted by molar-refractivity contribution is 7.96. The molecule has 0 fully saturated rings. The summed E-state index contributed by atoms with van der Waals surface area (Å²) < 4.78 is 0. The summed E-state index contributed by atoms with van der Waals surface area (Å²) in [5, 5.41) is 22.8. The molecule has 122 valence electrons. The number of pyridine rings is 1. The Bertz CT molecular complexity index is 580. The number of carbonyl (C=O) groups excluding carboxylic acids is 2. The van der Waals surface area contributed by atoms with Gasteiger partial charge >= 0.3 is 5.97 Å². The van der Waals surface area contributed by atoms with Gasteiger partial charge in [0.2, 0.25) is 0 Å². The molecule has 0 aliphatic rings. The van der Waals surface area contributed by atoms with Crippen molar-refractivity contribution in [3.05, 3.63) is 30.1 Å². The predicted octanol–water partition coefficient (Wildman–Crippen LogP) is 1.81. The fourth-order valence-corrected chi connectivity index (χ4v) is 1.20. The Balaban J connectivity index is 0. The fourth-order valence-electron chi connectivity index (χ4n) is 0.906. The number of carboxylic acids is 1. The van der Waals surface area contributed by atoms with E-state index in [1.807, 2.05) is 6.07 Å². The third-order valence-corrected chi connectivity index (χ3v) is 2.17. The van der Waals surface area contributed by atoms with Crippen LogP contribution >= 0.6 is 25.3 Å². The Kier molecular flexibility index (Phi) is 16.0. The largest absolute Gasteiger partial charge is 0.480 e. The summed E-state index contributed by atoms with van der Waals surface area (Å²) in [5.74, 6) is -1.07. The highest BCUT2D eigenvalue weighted by Crippen LogP contribution is 1.98. The third kappa shape index (κ3) is 22.1. The first-order chi connectivity index (χ1) is 10.8. The molecule has 0 bridgehead atoms. The van der Waals surface area contributed by atoms with Crippen LogP contribution in [0.15, 0.2) is 24.5 Å². The molecule has 0 atom stereocenters. The highest BCUT2D eigenvalue weighted by Gasteiger charge is 1.95. The minimum absolute atomic E-state index is 0.119. The molecule has 23 heavy (non-hydrogen) atoms. The van der Waals surface area contributed by atoms with Crippen molar-refractivity contribution in [2.75, 3.05) is 0 Å². The smallest absolute Gasteiger partial charge is 0.317 e. The maximum atomic E-state index is 10.5. The number of aromatic nitrogens is 1. The molecule has 0 unspecified atom stereocenters. The number of hydrogen-bond acceptors (Lipinski definition) is 6. The Morgan fingerprint density at radius 1 is 1.09 bits per heavy atom. The van der Waals surface area contributed by atoms with Gasteiger partial charge in [-0.1, -0.05) is 0 Å². The van der Waals surface area contributed by atoms with E-state index >= 15 is 0 Å². The summed E-state index contributed by atoms with van der Waals surface area (Å²) in [6.45, 7) is 0. The van der Waals surface area contributed by atoms with Gasteiger partial charge in [0.1, 0.15) is 6.42 Å². The van der Waals surface area contributed by atoms with Gasteiger partial charge in [0.25, 0.3) is 0 Å². The molecule has 1 aromatic rings. The molecule has 1 rings (SSSR count). The number of carboxylic acid groups (broad SMARTS) is 1. The van der Waals surface area contributed by atoms with Gasteiger partial charge in [-0.05, 0) is 17.7 Å². The van der Waals surface area contributed by atoms with E-state index in [1.54, 1.807) is 24.5 Å². The summed E-state index contributed by atoms with van der Waals surface area (Å²) in [5.41, 5.74) is 0.954. The molecule has 0 amide bonds. The van der Waals surface area contributed by atoms with Crippen molar-refractivity contribution in [1.29, 1.82) is 10.5 Å². The SMILES string of the molecule is N#CCC(=O)O.N#CCCC(=O)S.O=C(S)Cc1ccncc1. The lowest BCUT2D eigenvalue weighted by molar-refractivity contribution is -0.135. The summed E-state index contributed by atoms with van der Waals surface area (Å²) in [6.07, 6.45) is 3.84. The van der Waals surface area contributed by atoms with E-state index in [1.165, 1.54) is 6.07 Å². The monoisotopic (exact) mass is 353 g/mol. The molecule has 0 aromatic carbocycles. The summed E-state index contributed by atoms with van der Waals surface area (Å²) in [4.78, 5) is 33.6. The number of hydrogen-bond donors (Lipinski definition) is 3. The molecule has 1 heterocycles. The summed E-state index contributed by atoms with van der Waals surface area (Å²) in [7, 11) is 0. The second-order valence-electron chi connectivity index (χ2n) is 3.71. The molecule has 0 aliphatic carbocycles. The third-order valence-electron chi connectivity index (χ3n) is 1.79. The van der Waals surface area contributed by atoms with E-state index in [0.717, 1.165) is 5.56 Å². The van der Waals surface area contributed by atoms with Crippen molar-refractivity contribution in [3.63, 3.8) is 0 Å². The molecule has 1 aromatic heterocycles. The first-order valence-corrected chi connectivity index (χ1v) is 7.01.